The van der Waals surface area contributed by atoms with Gasteiger partial charge in [-0.05, 0) is 28.1 Å². The fourth-order valence-corrected chi connectivity index (χ4v) is 1.19. The maximum absolute atomic E-state index is 9.01. The summed E-state index contributed by atoms with van der Waals surface area (Å²) in [4.78, 5) is 10.7. The molecule has 0 aliphatic rings. The van der Waals surface area contributed by atoms with Crippen LogP contribution in [-0.4, -0.2) is 20.1 Å². The van der Waals surface area contributed by atoms with Crippen molar-refractivity contribution in [2.24, 2.45) is 0 Å². The first-order chi connectivity index (χ1) is 6.25. The minimum atomic E-state index is 0.0414. The van der Waals surface area contributed by atoms with Gasteiger partial charge in [0.15, 0.2) is 5.82 Å². The molecule has 0 saturated carbocycles. The maximum Gasteiger partial charge on any atom is 0.208 e. The fourth-order valence-electron chi connectivity index (χ4n) is 0.958. The summed E-state index contributed by atoms with van der Waals surface area (Å²) in [7, 11) is 0. The first-order valence-corrected chi connectivity index (χ1v) is 4.41. The molecular weight excluding hydrogens is 234 g/mol. The van der Waals surface area contributed by atoms with Crippen molar-refractivity contribution in [1.29, 1.82) is 0 Å². The molecule has 0 saturated heterocycles. The zero-order valence-electron chi connectivity index (χ0n) is 6.53. The van der Waals surface area contributed by atoms with Crippen LogP contribution in [0.25, 0.3) is 11.5 Å². The third-order valence-electron chi connectivity index (χ3n) is 1.53. The summed E-state index contributed by atoms with van der Waals surface area (Å²) in [6.45, 7) is 0. The molecule has 2 N–H and O–H groups in total. The van der Waals surface area contributed by atoms with Gasteiger partial charge in [0.1, 0.15) is 5.69 Å². The third kappa shape index (κ3) is 1.70. The molecule has 0 bridgehead atoms. The van der Waals surface area contributed by atoms with Crippen LogP contribution in [0.3, 0.4) is 0 Å². The Hall–Kier alpha value is -1.36. The molecule has 0 radical (unpaired) electrons. The summed E-state index contributed by atoms with van der Waals surface area (Å²) in [6, 6.07) is 3.67. The summed E-state index contributed by atoms with van der Waals surface area (Å²) in [5.74, 6) is 0.602. The van der Waals surface area contributed by atoms with Crippen LogP contribution < -0.4 is 0 Å². The van der Waals surface area contributed by atoms with Crippen LogP contribution in [0.1, 0.15) is 0 Å². The van der Waals surface area contributed by atoms with E-state index in [1.54, 1.807) is 6.20 Å². The second-order valence-corrected chi connectivity index (χ2v) is 3.39. The predicted molar refractivity (Wildman–Crippen MR) is 51.2 cm³/mol. The molecule has 2 rings (SSSR count). The Kier molecular flexibility index (Phi) is 2.02. The van der Waals surface area contributed by atoms with Crippen molar-refractivity contribution >= 4 is 15.9 Å². The van der Waals surface area contributed by atoms with Crippen LogP contribution in [0.2, 0.25) is 0 Å². The van der Waals surface area contributed by atoms with Crippen LogP contribution in [-0.2, 0) is 0 Å². The number of aromatic hydroxyl groups is 1. The maximum atomic E-state index is 9.01. The fraction of sp³-hybridized carbons (Fsp3) is 0. The highest BCUT2D eigenvalue weighted by atomic mass is 79.9. The molecule has 13 heavy (non-hydrogen) atoms. The lowest BCUT2D eigenvalue weighted by molar-refractivity contribution is 0.457. The molecule has 0 fully saturated rings. The lowest BCUT2D eigenvalue weighted by Crippen LogP contribution is -1.84. The zero-order chi connectivity index (χ0) is 9.26. The lowest BCUT2D eigenvalue weighted by atomic mass is 10.3. The van der Waals surface area contributed by atoms with Crippen molar-refractivity contribution in [1.82, 2.24) is 15.0 Å². The number of halogens is 1. The molecule has 0 amide bonds. The van der Waals surface area contributed by atoms with Gasteiger partial charge >= 0.3 is 0 Å². The van der Waals surface area contributed by atoms with Gasteiger partial charge in [0.2, 0.25) is 5.88 Å². The summed E-state index contributed by atoms with van der Waals surface area (Å²) in [5.41, 5.74) is 0.698. The zero-order valence-corrected chi connectivity index (χ0v) is 8.12. The van der Waals surface area contributed by atoms with E-state index in [1.165, 1.54) is 6.20 Å². The van der Waals surface area contributed by atoms with Gasteiger partial charge in [0.25, 0.3) is 0 Å². The SMILES string of the molecule is Oc1cnc(-c2ccc(Br)cn2)[nH]1. The number of aromatic amines is 1. The molecule has 0 aliphatic carbocycles. The van der Waals surface area contributed by atoms with Crippen molar-refractivity contribution in [3.05, 3.63) is 29.0 Å². The first-order valence-electron chi connectivity index (χ1n) is 3.61. The van der Waals surface area contributed by atoms with E-state index < -0.39 is 0 Å². The average Bonchev–Trinajstić information content (AvgIpc) is 2.53. The Labute approximate surface area is 82.8 Å². The van der Waals surface area contributed by atoms with Crippen LogP contribution in [0.5, 0.6) is 5.88 Å². The van der Waals surface area contributed by atoms with Gasteiger partial charge in [-0.1, -0.05) is 0 Å². The summed E-state index contributed by atoms with van der Waals surface area (Å²) < 4.78 is 0.909. The number of nitrogens with one attached hydrogen (secondary N) is 1. The Bertz CT molecular complexity index is 410. The van der Waals surface area contributed by atoms with E-state index in [9.17, 15) is 0 Å². The number of aromatic nitrogens is 3. The van der Waals surface area contributed by atoms with Crippen molar-refractivity contribution in [2.45, 2.75) is 0 Å². The quantitative estimate of drug-likeness (QED) is 0.800. The van der Waals surface area contributed by atoms with Gasteiger partial charge < -0.3 is 10.1 Å². The highest BCUT2D eigenvalue weighted by Gasteiger charge is 2.02. The average molecular weight is 240 g/mol. The molecule has 0 unspecified atom stereocenters. The van der Waals surface area contributed by atoms with Gasteiger partial charge in [-0.15, -0.1) is 0 Å². The van der Waals surface area contributed by atoms with Crippen LogP contribution in [0.4, 0.5) is 0 Å². The Morgan fingerprint density at radius 3 is 2.62 bits per heavy atom. The van der Waals surface area contributed by atoms with Gasteiger partial charge in [-0.3, -0.25) is 4.98 Å². The van der Waals surface area contributed by atoms with E-state index in [2.05, 4.69) is 30.9 Å². The van der Waals surface area contributed by atoms with E-state index in [0.717, 1.165) is 4.47 Å². The molecule has 2 aromatic heterocycles. The minimum absolute atomic E-state index is 0.0414. The first kappa shape index (κ1) is 8.25. The van der Waals surface area contributed by atoms with E-state index >= 15 is 0 Å². The van der Waals surface area contributed by atoms with Crippen LogP contribution in [0.15, 0.2) is 29.0 Å². The third-order valence-corrected chi connectivity index (χ3v) is 2.00. The summed E-state index contributed by atoms with van der Waals surface area (Å²) in [5, 5.41) is 9.01. The van der Waals surface area contributed by atoms with Crippen molar-refractivity contribution < 1.29 is 5.11 Å². The molecular formula is C8H6BrN3O. The number of rotatable bonds is 1. The van der Waals surface area contributed by atoms with Crippen molar-refractivity contribution in [2.75, 3.05) is 0 Å². The van der Waals surface area contributed by atoms with E-state index in [-0.39, 0.29) is 5.88 Å². The molecule has 5 heteroatoms. The molecule has 0 spiro atoms. The van der Waals surface area contributed by atoms with E-state index in [4.69, 9.17) is 5.11 Å². The highest BCUT2D eigenvalue weighted by molar-refractivity contribution is 9.10. The standard InChI is InChI=1S/C8H6BrN3O/c9-5-1-2-6(10-3-5)8-11-4-7(13)12-8/h1-4,13H,(H,11,12). The predicted octanol–water partition coefficient (Wildman–Crippen LogP) is 1.94. The molecule has 4 nitrogen and oxygen atoms in total. The Balaban J connectivity index is 2.41. The van der Waals surface area contributed by atoms with E-state index in [1.807, 2.05) is 12.1 Å². The van der Waals surface area contributed by atoms with Crippen LogP contribution >= 0.6 is 15.9 Å². The van der Waals surface area contributed by atoms with Gasteiger partial charge in [-0.2, -0.15) is 0 Å². The summed E-state index contributed by atoms with van der Waals surface area (Å²) >= 11 is 3.28. The normalized spacial score (nSPS) is 10.2. The Morgan fingerprint density at radius 2 is 2.08 bits per heavy atom. The summed E-state index contributed by atoms with van der Waals surface area (Å²) in [6.07, 6.45) is 3.02. The van der Waals surface area contributed by atoms with Crippen molar-refractivity contribution in [3.8, 4) is 17.4 Å². The largest absolute Gasteiger partial charge is 0.493 e. The number of hydrogen-bond acceptors (Lipinski definition) is 3. The number of imidazole rings is 1. The Morgan fingerprint density at radius 1 is 1.23 bits per heavy atom. The molecule has 0 aromatic carbocycles. The van der Waals surface area contributed by atoms with Crippen LogP contribution in [0, 0.1) is 0 Å². The van der Waals surface area contributed by atoms with Gasteiger partial charge in [0.05, 0.1) is 6.20 Å². The monoisotopic (exact) mass is 239 g/mol. The topological polar surface area (TPSA) is 61.8 Å². The molecule has 0 aliphatic heterocycles. The number of pyridine rings is 1. The van der Waals surface area contributed by atoms with Gasteiger partial charge in [0, 0.05) is 10.7 Å². The lowest BCUT2D eigenvalue weighted by Gasteiger charge is -1.94. The molecule has 0 atom stereocenters. The minimum Gasteiger partial charge on any atom is -0.493 e. The smallest absolute Gasteiger partial charge is 0.208 e. The number of H-pyrrole nitrogens is 1. The van der Waals surface area contributed by atoms with E-state index in [0.29, 0.717) is 11.5 Å². The van der Waals surface area contributed by atoms with Gasteiger partial charge in [-0.25, -0.2) is 4.98 Å². The number of nitrogens with zero attached hydrogens (tertiary/aromatic N) is 2. The molecule has 2 aromatic rings. The molecule has 66 valence electrons. The molecule has 2 heterocycles. The highest BCUT2D eigenvalue weighted by Crippen LogP contribution is 2.17. The van der Waals surface area contributed by atoms with Crippen molar-refractivity contribution in [3.63, 3.8) is 0 Å². The second kappa shape index (κ2) is 3.18. The number of hydrogen-bond donors (Lipinski definition) is 2. The second-order valence-electron chi connectivity index (χ2n) is 2.48.